The summed E-state index contributed by atoms with van der Waals surface area (Å²) in [7, 11) is 0. The number of nitrogens with one attached hydrogen (secondary N) is 2. The molecule has 0 unspecified atom stereocenters. The molecular formula is C27H32N4O7. The van der Waals surface area contributed by atoms with E-state index in [9.17, 15) is 19.5 Å². The number of hydrogen-bond donors (Lipinski definition) is 4. The Morgan fingerprint density at radius 1 is 1.16 bits per heavy atom. The second kappa shape index (κ2) is 12.1. The summed E-state index contributed by atoms with van der Waals surface area (Å²) < 4.78 is 10.5. The first kappa shape index (κ1) is 27.1. The van der Waals surface area contributed by atoms with Crippen LogP contribution < -0.4 is 5.48 Å². The Bertz CT molecular complexity index is 1190. The molecule has 1 fully saturated rings. The Morgan fingerprint density at radius 3 is 2.53 bits per heavy atom. The lowest BCUT2D eigenvalue weighted by Gasteiger charge is -2.36. The quantitative estimate of drug-likeness (QED) is 0.168. The second-order valence-corrected chi connectivity index (χ2v) is 9.32. The van der Waals surface area contributed by atoms with Gasteiger partial charge >= 0.3 is 5.97 Å². The maximum atomic E-state index is 13.8. The number of benzene rings is 2. The van der Waals surface area contributed by atoms with Gasteiger partial charge in [-0.05, 0) is 55.2 Å². The highest BCUT2D eigenvalue weighted by Crippen LogP contribution is 2.29. The summed E-state index contributed by atoms with van der Waals surface area (Å²) in [6, 6.07) is 10.6. The molecule has 4 N–H and O–H groups in total. The van der Waals surface area contributed by atoms with Crippen LogP contribution in [-0.2, 0) is 32.0 Å². The molecule has 1 atom stereocenters. The number of hydroxylamine groups is 1. The fraction of sp³-hybridized carbons (Fsp3) is 0.407. The van der Waals surface area contributed by atoms with Gasteiger partial charge in [0.05, 0.1) is 12.7 Å². The van der Waals surface area contributed by atoms with Crippen molar-refractivity contribution < 1.29 is 34.2 Å². The molecule has 2 aliphatic heterocycles. The highest BCUT2D eigenvalue weighted by molar-refractivity contribution is 6.03. The average Bonchev–Trinajstić information content (AvgIpc) is 3.26. The summed E-state index contributed by atoms with van der Waals surface area (Å²) in [6.45, 7) is 2.94. The van der Waals surface area contributed by atoms with Crippen molar-refractivity contribution in [1.82, 2.24) is 15.3 Å². The first-order chi connectivity index (χ1) is 18.3. The van der Waals surface area contributed by atoms with E-state index in [1.807, 2.05) is 5.48 Å². The molecule has 2 heterocycles. The topological polar surface area (TPSA) is 152 Å². The summed E-state index contributed by atoms with van der Waals surface area (Å²) in [4.78, 5) is 42.1. The van der Waals surface area contributed by atoms with Gasteiger partial charge in [0.1, 0.15) is 24.2 Å². The first-order valence-corrected chi connectivity index (χ1v) is 12.6. The van der Waals surface area contributed by atoms with Crippen molar-refractivity contribution in [3.05, 3.63) is 64.7 Å². The number of fused-ring (bicyclic) bond motifs is 1. The number of aromatic hydroxyl groups is 1. The SMILES string of the molecule is CCOC(=O)COC1CCN(C(=O)[C@H](Cc2ccc(O)cc2)N2Cc3cc(C(=N)NO)ccc3C2=O)CC1. The third-order valence-electron chi connectivity index (χ3n) is 6.86. The molecule has 0 aromatic heterocycles. The first-order valence-electron chi connectivity index (χ1n) is 12.6. The van der Waals surface area contributed by atoms with Gasteiger partial charge in [-0.25, -0.2) is 4.79 Å². The number of amides is 2. The largest absolute Gasteiger partial charge is 0.508 e. The van der Waals surface area contributed by atoms with Gasteiger partial charge < -0.3 is 24.4 Å². The molecule has 1 saturated heterocycles. The number of rotatable bonds is 9. The lowest BCUT2D eigenvalue weighted by molar-refractivity contribution is -0.152. The van der Waals surface area contributed by atoms with Crippen LogP contribution in [0.2, 0.25) is 0 Å². The van der Waals surface area contributed by atoms with Gasteiger partial charge in [0.15, 0.2) is 0 Å². The van der Waals surface area contributed by atoms with E-state index in [0.717, 1.165) is 5.56 Å². The van der Waals surface area contributed by atoms with Crippen LogP contribution in [-0.4, -0.2) is 82.2 Å². The van der Waals surface area contributed by atoms with Gasteiger partial charge in [-0.1, -0.05) is 18.2 Å². The van der Waals surface area contributed by atoms with Crippen molar-refractivity contribution in [1.29, 1.82) is 5.41 Å². The van der Waals surface area contributed by atoms with E-state index in [-0.39, 0.29) is 49.1 Å². The Hall–Kier alpha value is -3.96. The lowest BCUT2D eigenvalue weighted by Crippen LogP contribution is -2.52. The van der Waals surface area contributed by atoms with Gasteiger partial charge in [0.25, 0.3) is 5.91 Å². The minimum atomic E-state index is -0.782. The number of phenols is 1. The molecule has 0 spiro atoms. The van der Waals surface area contributed by atoms with E-state index in [2.05, 4.69) is 0 Å². The van der Waals surface area contributed by atoms with E-state index in [1.165, 1.54) is 0 Å². The molecule has 4 rings (SSSR count). The predicted octanol–water partition coefficient (Wildman–Crippen LogP) is 1.83. The monoisotopic (exact) mass is 524 g/mol. The molecule has 11 heteroatoms. The molecule has 202 valence electrons. The smallest absolute Gasteiger partial charge is 0.332 e. The zero-order valence-corrected chi connectivity index (χ0v) is 21.2. The summed E-state index contributed by atoms with van der Waals surface area (Å²) in [5, 5.41) is 26.6. The molecule has 0 bridgehead atoms. The van der Waals surface area contributed by atoms with Gasteiger partial charge in [-0.15, -0.1) is 0 Å². The standard InChI is InChI=1S/C27H32N4O7/c1-2-37-24(33)16-38-21-9-11-30(12-10-21)27(35)23(13-17-3-6-20(32)7-4-17)31-15-19-14-18(25(28)29-36)5-8-22(19)26(31)34/h3-8,14,21,23,32,36H,2,9-13,15-16H2,1H3,(H2,28,29)/t23-/m0/s1. The number of amidine groups is 1. The maximum absolute atomic E-state index is 13.8. The molecular weight excluding hydrogens is 492 g/mol. The fourth-order valence-electron chi connectivity index (χ4n) is 4.84. The summed E-state index contributed by atoms with van der Waals surface area (Å²) in [5.74, 6) is -0.963. The molecule has 38 heavy (non-hydrogen) atoms. The third-order valence-corrected chi connectivity index (χ3v) is 6.86. The Morgan fingerprint density at radius 2 is 1.87 bits per heavy atom. The zero-order valence-electron chi connectivity index (χ0n) is 21.2. The number of piperidine rings is 1. The maximum Gasteiger partial charge on any atom is 0.332 e. The van der Waals surface area contributed by atoms with Crippen LogP contribution in [0, 0.1) is 5.41 Å². The normalized spacial score (nSPS) is 16.2. The van der Waals surface area contributed by atoms with Crippen LogP contribution in [0.25, 0.3) is 0 Å². The van der Waals surface area contributed by atoms with Crippen LogP contribution in [0.15, 0.2) is 42.5 Å². The number of esters is 1. The molecule has 0 aliphatic carbocycles. The molecule has 2 aromatic rings. The summed E-state index contributed by atoms with van der Waals surface area (Å²) in [5.41, 5.74) is 4.15. The lowest BCUT2D eigenvalue weighted by atomic mass is 10.0. The predicted molar refractivity (Wildman–Crippen MR) is 136 cm³/mol. The number of hydrogen-bond acceptors (Lipinski definition) is 8. The third kappa shape index (κ3) is 6.12. The van der Waals surface area contributed by atoms with Crippen molar-refractivity contribution in [3.8, 4) is 5.75 Å². The number of ether oxygens (including phenoxy) is 2. The number of nitrogens with zero attached hydrogens (tertiary/aromatic N) is 2. The van der Waals surface area contributed by atoms with Crippen LogP contribution in [0.4, 0.5) is 0 Å². The second-order valence-electron chi connectivity index (χ2n) is 9.32. The van der Waals surface area contributed by atoms with Crippen LogP contribution >= 0.6 is 0 Å². The van der Waals surface area contributed by atoms with Crippen molar-refractivity contribution in [2.45, 2.75) is 44.9 Å². The molecule has 11 nitrogen and oxygen atoms in total. The van der Waals surface area contributed by atoms with Crippen molar-refractivity contribution in [2.24, 2.45) is 0 Å². The van der Waals surface area contributed by atoms with E-state index in [4.69, 9.17) is 20.1 Å². The van der Waals surface area contributed by atoms with Crippen LogP contribution in [0.1, 0.15) is 46.8 Å². The molecule has 2 amide bonds. The molecule has 0 saturated carbocycles. The average molecular weight is 525 g/mol. The van der Waals surface area contributed by atoms with Gasteiger partial charge in [0, 0.05) is 37.2 Å². The van der Waals surface area contributed by atoms with Gasteiger partial charge in [-0.3, -0.25) is 25.7 Å². The highest BCUT2D eigenvalue weighted by Gasteiger charge is 2.39. The summed E-state index contributed by atoms with van der Waals surface area (Å²) in [6.07, 6.45) is 1.22. The zero-order chi connectivity index (χ0) is 27.2. The highest BCUT2D eigenvalue weighted by atomic mass is 16.6. The molecule has 2 aliphatic rings. The summed E-state index contributed by atoms with van der Waals surface area (Å²) >= 11 is 0. The Balaban J connectivity index is 1.50. The minimum Gasteiger partial charge on any atom is -0.508 e. The Labute approximate surface area is 220 Å². The minimum absolute atomic E-state index is 0.110. The van der Waals surface area contributed by atoms with E-state index in [0.29, 0.717) is 49.2 Å². The van der Waals surface area contributed by atoms with Gasteiger partial charge in [-0.2, -0.15) is 0 Å². The van der Waals surface area contributed by atoms with E-state index < -0.39 is 12.0 Å². The number of likely N-dealkylation sites (tertiary alicyclic amines) is 1. The van der Waals surface area contributed by atoms with E-state index in [1.54, 1.807) is 59.2 Å². The number of carbonyl (C=O) groups excluding carboxylic acids is 3. The van der Waals surface area contributed by atoms with Crippen LogP contribution in [0.5, 0.6) is 5.75 Å². The van der Waals surface area contributed by atoms with Crippen molar-refractivity contribution in [3.63, 3.8) is 0 Å². The number of phenolic OH excluding ortho intramolecular Hbond substituents is 1. The van der Waals surface area contributed by atoms with Gasteiger partial charge in [0.2, 0.25) is 5.91 Å². The fourth-order valence-corrected chi connectivity index (χ4v) is 4.84. The molecule has 0 radical (unpaired) electrons. The number of carbonyl (C=O) groups is 3. The molecule has 2 aromatic carbocycles. The van der Waals surface area contributed by atoms with Crippen LogP contribution in [0.3, 0.4) is 0 Å². The van der Waals surface area contributed by atoms with E-state index >= 15 is 0 Å². The van der Waals surface area contributed by atoms with Crippen molar-refractivity contribution >= 4 is 23.6 Å². The Kier molecular flexibility index (Phi) is 8.59. The van der Waals surface area contributed by atoms with Crippen molar-refractivity contribution in [2.75, 3.05) is 26.3 Å².